The van der Waals surface area contributed by atoms with Crippen LogP contribution in [0.25, 0.3) is 0 Å². The van der Waals surface area contributed by atoms with Gasteiger partial charge < -0.3 is 20.1 Å². The van der Waals surface area contributed by atoms with E-state index in [2.05, 4.69) is 10.6 Å². The van der Waals surface area contributed by atoms with Gasteiger partial charge in [0.15, 0.2) is 0 Å². The van der Waals surface area contributed by atoms with E-state index in [1.54, 1.807) is 7.11 Å². The number of anilines is 1. The van der Waals surface area contributed by atoms with Crippen molar-refractivity contribution in [1.29, 1.82) is 0 Å². The van der Waals surface area contributed by atoms with Crippen LogP contribution in [0, 0.1) is 5.92 Å². The number of hydrogen-bond donors (Lipinski definition) is 2. The van der Waals surface area contributed by atoms with E-state index in [0.29, 0.717) is 24.9 Å². The lowest BCUT2D eigenvalue weighted by Crippen LogP contribution is -2.20. The Morgan fingerprint density at radius 3 is 2.97 bits per heavy atom. The number of rotatable bonds is 9. The molecule has 1 aliphatic carbocycles. The molecule has 1 amide bonds. The number of ether oxygens (including phenoxy) is 2. The highest BCUT2D eigenvalue weighted by Gasteiger charge is 2.39. The van der Waals surface area contributed by atoms with Crippen LogP contribution in [-0.2, 0) is 11.2 Å². The standard InChI is InChI=1S/C23H27ClN2O3/c1-28-22-7-5-17(24)12-20(22)19-11-16(19)14-25-9-2-10-29-18-6-3-15-4-8-23(27)26-21(15)13-18/h3,5-7,12-13,16,19,25H,2,4,8-11,14H2,1H3,(H,26,27). The lowest BCUT2D eigenvalue weighted by molar-refractivity contribution is -0.116. The first-order chi connectivity index (χ1) is 14.1. The van der Waals surface area contributed by atoms with Gasteiger partial charge in [-0.15, -0.1) is 0 Å². The minimum absolute atomic E-state index is 0.0765. The van der Waals surface area contributed by atoms with Crippen molar-refractivity contribution >= 4 is 23.2 Å². The summed E-state index contributed by atoms with van der Waals surface area (Å²) in [7, 11) is 1.71. The van der Waals surface area contributed by atoms with Crippen LogP contribution in [0.15, 0.2) is 36.4 Å². The molecular weight excluding hydrogens is 388 g/mol. The van der Waals surface area contributed by atoms with Crippen LogP contribution >= 0.6 is 11.6 Å². The summed E-state index contributed by atoms with van der Waals surface area (Å²) in [6.45, 7) is 2.55. The third-order valence-corrected chi connectivity index (χ3v) is 5.90. The number of fused-ring (bicyclic) bond motifs is 1. The maximum absolute atomic E-state index is 11.5. The molecule has 2 aromatic carbocycles. The van der Waals surface area contributed by atoms with Gasteiger partial charge in [0.1, 0.15) is 11.5 Å². The van der Waals surface area contributed by atoms with Crippen molar-refractivity contribution in [3.05, 3.63) is 52.5 Å². The quantitative estimate of drug-likeness (QED) is 0.597. The molecule has 4 rings (SSSR count). The third kappa shape index (κ3) is 5.03. The summed E-state index contributed by atoms with van der Waals surface area (Å²) in [5.74, 6) is 2.97. The van der Waals surface area contributed by atoms with E-state index in [0.717, 1.165) is 48.1 Å². The molecular formula is C23H27ClN2O3. The summed E-state index contributed by atoms with van der Waals surface area (Å²) in [6, 6.07) is 11.8. The molecule has 1 heterocycles. The van der Waals surface area contributed by atoms with Gasteiger partial charge in [-0.2, -0.15) is 0 Å². The molecule has 2 aromatic rings. The van der Waals surface area contributed by atoms with Crippen molar-refractivity contribution < 1.29 is 14.3 Å². The highest BCUT2D eigenvalue weighted by Crippen LogP contribution is 2.50. The highest BCUT2D eigenvalue weighted by molar-refractivity contribution is 6.30. The normalized spacial score (nSPS) is 20.0. The fourth-order valence-corrected chi connectivity index (χ4v) is 4.14. The van der Waals surface area contributed by atoms with Crippen LogP contribution < -0.4 is 20.1 Å². The van der Waals surface area contributed by atoms with Gasteiger partial charge in [0.25, 0.3) is 0 Å². The average molecular weight is 415 g/mol. The molecule has 2 N–H and O–H groups in total. The molecule has 0 bridgehead atoms. The lowest BCUT2D eigenvalue weighted by Gasteiger charge is -2.17. The van der Waals surface area contributed by atoms with Crippen molar-refractivity contribution in [2.75, 3.05) is 32.1 Å². The Kier molecular flexibility index (Phi) is 6.26. The monoisotopic (exact) mass is 414 g/mol. The molecule has 0 aromatic heterocycles. The summed E-state index contributed by atoms with van der Waals surface area (Å²) < 4.78 is 11.3. The van der Waals surface area contributed by atoms with Crippen LogP contribution in [0.3, 0.4) is 0 Å². The van der Waals surface area contributed by atoms with E-state index in [9.17, 15) is 4.79 Å². The van der Waals surface area contributed by atoms with Crippen molar-refractivity contribution in [2.24, 2.45) is 5.92 Å². The van der Waals surface area contributed by atoms with E-state index in [4.69, 9.17) is 21.1 Å². The molecule has 0 radical (unpaired) electrons. The minimum Gasteiger partial charge on any atom is -0.496 e. The van der Waals surface area contributed by atoms with E-state index < -0.39 is 0 Å². The summed E-state index contributed by atoms with van der Waals surface area (Å²) in [6.07, 6.45) is 3.46. The molecule has 6 heteroatoms. The van der Waals surface area contributed by atoms with Crippen LogP contribution in [-0.4, -0.2) is 32.7 Å². The molecule has 1 saturated carbocycles. The lowest BCUT2D eigenvalue weighted by atomic mass is 10.0. The molecule has 1 fully saturated rings. The highest BCUT2D eigenvalue weighted by atomic mass is 35.5. The topological polar surface area (TPSA) is 59.6 Å². The predicted octanol–water partition coefficient (Wildman–Crippen LogP) is 4.40. The number of methoxy groups -OCH3 is 1. The number of carbonyl (C=O) groups excluding carboxylic acids is 1. The molecule has 0 spiro atoms. The number of nitrogens with one attached hydrogen (secondary N) is 2. The van der Waals surface area contributed by atoms with E-state index in [1.165, 1.54) is 17.5 Å². The van der Waals surface area contributed by atoms with Crippen LogP contribution in [0.5, 0.6) is 11.5 Å². The van der Waals surface area contributed by atoms with Gasteiger partial charge in [-0.3, -0.25) is 4.79 Å². The van der Waals surface area contributed by atoms with Gasteiger partial charge >= 0.3 is 0 Å². The first-order valence-corrected chi connectivity index (χ1v) is 10.6. The maximum Gasteiger partial charge on any atom is 0.224 e. The second-order valence-electron chi connectivity index (χ2n) is 7.76. The van der Waals surface area contributed by atoms with Crippen LogP contribution in [0.4, 0.5) is 5.69 Å². The molecule has 5 nitrogen and oxygen atoms in total. The van der Waals surface area contributed by atoms with Crippen molar-refractivity contribution in [2.45, 2.75) is 31.6 Å². The van der Waals surface area contributed by atoms with Gasteiger partial charge in [0.2, 0.25) is 5.91 Å². The number of amides is 1. The summed E-state index contributed by atoms with van der Waals surface area (Å²) in [5.41, 5.74) is 3.27. The van der Waals surface area contributed by atoms with Crippen LogP contribution in [0.1, 0.15) is 36.3 Å². The van der Waals surface area contributed by atoms with Gasteiger partial charge in [0, 0.05) is 23.2 Å². The van der Waals surface area contributed by atoms with E-state index >= 15 is 0 Å². The van der Waals surface area contributed by atoms with E-state index in [1.807, 2.05) is 36.4 Å². The molecule has 2 atom stereocenters. The fourth-order valence-electron chi connectivity index (χ4n) is 3.96. The zero-order valence-corrected chi connectivity index (χ0v) is 17.4. The third-order valence-electron chi connectivity index (χ3n) is 5.66. The number of carbonyl (C=O) groups is 1. The van der Waals surface area contributed by atoms with Crippen LogP contribution in [0.2, 0.25) is 5.02 Å². The van der Waals surface area contributed by atoms with Gasteiger partial charge in [-0.1, -0.05) is 17.7 Å². The van der Waals surface area contributed by atoms with Crippen molar-refractivity contribution in [3.8, 4) is 11.5 Å². The Balaban J connectivity index is 1.15. The Hall–Kier alpha value is -2.24. The molecule has 29 heavy (non-hydrogen) atoms. The Labute approximate surface area is 176 Å². The smallest absolute Gasteiger partial charge is 0.224 e. The maximum atomic E-state index is 11.5. The van der Waals surface area contributed by atoms with Gasteiger partial charge in [-0.05, 0) is 79.6 Å². The molecule has 1 aliphatic heterocycles. The fraction of sp³-hybridized carbons (Fsp3) is 0.435. The average Bonchev–Trinajstić information content (AvgIpc) is 3.49. The first kappa shape index (κ1) is 20.0. The molecule has 2 unspecified atom stereocenters. The van der Waals surface area contributed by atoms with Gasteiger partial charge in [-0.25, -0.2) is 0 Å². The molecule has 154 valence electrons. The van der Waals surface area contributed by atoms with Crippen molar-refractivity contribution in [1.82, 2.24) is 5.32 Å². The second kappa shape index (κ2) is 9.06. The number of aryl methyl sites for hydroxylation is 1. The molecule has 0 saturated heterocycles. The number of halogens is 1. The Bertz CT molecular complexity index is 886. The molecule has 2 aliphatic rings. The minimum atomic E-state index is 0.0765. The Morgan fingerprint density at radius 2 is 2.10 bits per heavy atom. The summed E-state index contributed by atoms with van der Waals surface area (Å²) in [4.78, 5) is 11.5. The zero-order valence-electron chi connectivity index (χ0n) is 16.7. The SMILES string of the molecule is COc1ccc(Cl)cc1C1CC1CNCCCOc1ccc2c(c1)NC(=O)CC2. The van der Waals surface area contributed by atoms with Crippen molar-refractivity contribution in [3.63, 3.8) is 0 Å². The first-order valence-electron chi connectivity index (χ1n) is 10.2. The second-order valence-corrected chi connectivity index (χ2v) is 8.20. The summed E-state index contributed by atoms with van der Waals surface area (Å²) >= 11 is 6.15. The predicted molar refractivity (Wildman–Crippen MR) is 115 cm³/mol. The number of hydrogen-bond acceptors (Lipinski definition) is 4. The summed E-state index contributed by atoms with van der Waals surface area (Å²) in [5, 5.41) is 7.20. The Morgan fingerprint density at radius 1 is 1.21 bits per heavy atom. The van der Waals surface area contributed by atoms with Gasteiger partial charge in [0.05, 0.1) is 13.7 Å². The van der Waals surface area contributed by atoms with E-state index in [-0.39, 0.29) is 5.91 Å². The number of benzene rings is 2. The largest absolute Gasteiger partial charge is 0.496 e. The zero-order chi connectivity index (χ0) is 20.2.